The number of fused-ring (bicyclic) bond motifs is 1. The van der Waals surface area contributed by atoms with E-state index in [1.165, 1.54) is 23.2 Å². The van der Waals surface area contributed by atoms with Gasteiger partial charge in [0, 0.05) is 5.69 Å². The van der Waals surface area contributed by atoms with E-state index < -0.39 is 0 Å². The fourth-order valence-corrected chi connectivity index (χ4v) is 4.28. The molecular weight excluding hydrogens is 372 g/mol. The number of nitrogens with two attached hydrogens (primary N) is 1. The predicted molar refractivity (Wildman–Crippen MR) is 112 cm³/mol. The molecule has 3 N–H and O–H groups in total. The van der Waals surface area contributed by atoms with Crippen molar-refractivity contribution >= 4 is 38.3 Å². The number of hydrogen-bond acceptors (Lipinski definition) is 8. The Labute approximate surface area is 166 Å². The lowest BCUT2D eigenvalue weighted by molar-refractivity contribution is 0.332. The molecule has 1 atom stereocenters. The van der Waals surface area contributed by atoms with E-state index >= 15 is 0 Å². The molecule has 4 aromatic rings. The molecule has 8 nitrogen and oxygen atoms in total. The lowest BCUT2D eigenvalue weighted by Gasteiger charge is -2.26. The molecule has 0 aliphatic rings. The third-order valence-corrected chi connectivity index (χ3v) is 5.82. The van der Waals surface area contributed by atoms with Gasteiger partial charge in [-0.2, -0.15) is 5.10 Å². The van der Waals surface area contributed by atoms with Crippen molar-refractivity contribution in [2.75, 3.05) is 11.1 Å². The molecule has 0 saturated carbocycles. The van der Waals surface area contributed by atoms with Gasteiger partial charge >= 0.3 is 0 Å². The van der Waals surface area contributed by atoms with E-state index in [9.17, 15) is 0 Å². The summed E-state index contributed by atoms with van der Waals surface area (Å²) in [7, 11) is 0. The minimum Gasteiger partial charge on any atom is -0.382 e. The van der Waals surface area contributed by atoms with E-state index in [0.29, 0.717) is 17.3 Å². The Kier molecular flexibility index (Phi) is 5.16. The number of nitrogens with one attached hydrogen (secondary N) is 1. The number of benzene rings is 1. The van der Waals surface area contributed by atoms with Gasteiger partial charge in [0.1, 0.15) is 24.5 Å². The van der Waals surface area contributed by atoms with Gasteiger partial charge in [-0.1, -0.05) is 50.2 Å². The summed E-state index contributed by atoms with van der Waals surface area (Å²) < 4.78 is 1.95. The van der Waals surface area contributed by atoms with E-state index in [4.69, 9.17) is 5.73 Å². The Morgan fingerprint density at radius 2 is 1.89 bits per heavy atom. The number of aromatic nitrogens is 6. The van der Waals surface area contributed by atoms with Gasteiger partial charge in [0.2, 0.25) is 0 Å². The fourth-order valence-electron chi connectivity index (χ4n) is 3.45. The molecule has 3 aromatic heterocycles. The number of hydrogen-bond donors (Lipinski definition) is 2. The highest BCUT2D eigenvalue weighted by atomic mass is 32.1. The molecule has 3 heterocycles. The Bertz CT molecular complexity index is 1040. The Morgan fingerprint density at radius 1 is 1.11 bits per heavy atom. The van der Waals surface area contributed by atoms with Gasteiger partial charge < -0.3 is 11.1 Å². The first kappa shape index (κ1) is 18.3. The fraction of sp³-hybridized carbons (Fsp3) is 0.316. The summed E-state index contributed by atoms with van der Waals surface area (Å²) in [6, 6.07) is 8.55. The predicted octanol–water partition coefficient (Wildman–Crippen LogP) is 4.03. The SMILES string of the molecule is CCC(CC)C(c1ccc(Nc2nc3c(N)ncnc3s2)cc1)n1cncn1. The third kappa shape index (κ3) is 3.53. The summed E-state index contributed by atoms with van der Waals surface area (Å²) in [5.41, 5.74) is 8.67. The quantitative estimate of drug-likeness (QED) is 0.487. The summed E-state index contributed by atoms with van der Waals surface area (Å²) in [6.07, 6.45) is 7.00. The number of rotatable bonds is 7. The second-order valence-corrected chi connectivity index (χ2v) is 7.55. The monoisotopic (exact) mass is 394 g/mol. The van der Waals surface area contributed by atoms with Crippen molar-refractivity contribution < 1.29 is 0 Å². The van der Waals surface area contributed by atoms with Gasteiger partial charge in [0.15, 0.2) is 15.8 Å². The average Bonchev–Trinajstić information content (AvgIpc) is 3.37. The number of anilines is 3. The second-order valence-electron chi connectivity index (χ2n) is 6.58. The molecule has 0 bridgehead atoms. The summed E-state index contributed by atoms with van der Waals surface area (Å²) in [4.78, 5) is 17.6. The van der Waals surface area contributed by atoms with Crippen molar-refractivity contribution in [1.82, 2.24) is 29.7 Å². The number of thiazole rings is 1. The van der Waals surface area contributed by atoms with Crippen LogP contribution in [0.3, 0.4) is 0 Å². The van der Waals surface area contributed by atoms with Gasteiger partial charge in [0.25, 0.3) is 0 Å². The van der Waals surface area contributed by atoms with E-state index in [2.05, 4.69) is 68.5 Å². The molecule has 1 unspecified atom stereocenters. The lowest BCUT2D eigenvalue weighted by Crippen LogP contribution is -2.20. The molecule has 0 radical (unpaired) electrons. The van der Waals surface area contributed by atoms with Crippen LogP contribution in [0.1, 0.15) is 38.3 Å². The smallest absolute Gasteiger partial charge is 0.189 e. The van der Waals surface area contributed by atoms with Gasteiger partial charge in [-0.3, -0.25) is 0 Å². The normalized spacial score (nSPS) is 12.5. The number of nitrogens with zero attached hydrogens (tertiary/aromatic N) is 6. The molecule has 9 heteroatoms. The molecule has 0 aliphatic heterocycles. The number of nitrogen functional groups attached to an aromatic ring is 1. The molecular formula is C19H22N8S. The maximum Gasteiger partial charge on any atom is 0.189 e. The first-order chi connectivity index (χ1) is 13.7. The van der Waals surface area contributed by atoms with E-state index in [-0.39, 0.29) is 6.04 Å². The zero-order valence-corrected chi connectivity index (χ0v) is 16.6. The van der Waals surface area contributed by atoms with Crippen molar-refractivity contribution in [3.63, 3.8) is 0 Å². The Hall–Kier alpha value is -3.07. The van der Waals surface area contributed by atoms with E-state index in [0.717, 1.165) is 28.5 Å². The third-order valence-electron chi connectivity index (χ3n) is 4.94. The van der Waals surface area contributed by atoms with Crippen molar-refractivity contribution in [2.24, 2.45) is 5.92 Å². The minimum atomic E-state index is 0.170. The van der Waals surface area contributed by atoms with Crippen LogP contribution in [0.25, 0.3) is 10.3 Å². The second kappa shape index (κ2) is 7.89. The van der Waals surface area contributed by atoms with Crippen molar-refractivity contribution in [3.05, 3.63) is 48.8 Å². The first-order valence-corrected chi connectivity index (χ1v) is 10.1. The summed E-state index contributed by atoms with van der Waals surface area (Å²) >= 11 is 1.45. The van der Waals surface area contributed by atoms with Crippen LogP contribution in [0.4, 0.5) is 16.6 Å². The van der Waals surface area contributed by atoms with Crippen molar-refractivity contribution in [3.8, 4) is 0 Å². The zero-order valence-electron chi connectivity index (χ0n) is 15.8. The Balaban J connectivity index is 1.59. The van der Waals surface area contributed by atoms with Crippen LogP contribution in [0.15, 0.2) is 43.2 Å². The van der Waals surface area contributed by atoms with Crippen LogP contribution >= 0.6 is 11.3 Å². The summed E-state index contributed by atoms with van der Waals surface area (Å²) in [6.45, 7) is 4.44. The van der Waals surface area contributed by atoms with Crippen LogP contribution in [-0.4, -0.2) is 29.7 Å². The lowest BCUT2D eigenvalue weighted by atomic mass is 9.89. The van der Waals surface area contributed by atoms with Gasteiger partial charge in [-0.25, -0.2) is 24.6 Å². The largest absolute Gasteiger partial charge is 0.382 e. The highest BCUT2D eigenvalue weighted by Crippen LogP contribution is 2.33. The van der Waals surface area contributed by atoms with Crippen LogP contribution < -0.4 is 11.1 Å². The zero-order chi connectivity index (χ0) is 19.5. The van der Waals surface area contributed by atoms with E-state index in [1.807, 2.05) is 4.68 Å². The van der Waals surface area contributed by atoms with Gasteiger partial charge in [-0.05, 0) is 23.6 Å². The molecule has 28 heavy (non-hydrogen) atoms. The van der Waals surface area contributed by atoms with E-state index in [1.54, 1.807) is 12.7 Å². The molecule has 0 saturated heterocycles. The highest BCUT2D eigenvalue weighted by Gasteiger charge is 2.23. The summed E-state index contributed by atoms with van der Waals surface area (Å²) in [5, 5.41) is 8.46. The average molecular weight is 395 g/mol. The standard InChI is InChI=1S/C19H22N8S/c1-3-12(4-2)16(27-11-21-9-24-27)13-5-7-14(8-6-13)25-19-26-15-17(20)22-10-23-18(15)28-19/h5-12,16H,3-4H2,1-2H3,(H,25,26)(H2,20,22,23). The molecule has 0 spiro atoms. The minimum absolute atomic E-state index is 0.170. The topological polar surface area (TPSA) is 107 Å². The first-order valence-electron chi connectivity index (χ1n) is 9.27. The Morgan fingerprint density at radius 3 is 2.54 bits per heavy atom. The molecule has 144 valence electrons. The maximum atomic E-state index is 5.87. The van der Waals surface area contributed by atoms with Crippen molar-refractivity contribution in [2.45, 2.75) is 32.7 Å². The molecule has 0 amide bonds. The molecule has 1 aromatic carbocycles. The highest BCUT2D eigenvalue weighted by molar-refractivity contribution is 7.21. The van der Waals surface area contributed by atoms with Crippen LogP contribution in [0.5, 0.6) is 0 Å². The van der Waals surface area contributed by atoms with Crippen LogP contribution in [0, 0.1) is 5.92 Å². The van der Waals surface area contributed by atoms with Gasteiger partial charge in [-0.15, -0.1) is 0 Å². The molecule has 4 rings (SSSR count). The van der Waals surface area contributed by atoms with Crippen LogP contribution in [0.2, 0.25) is 0 Å². The van der Waals surface area contributed by atoms with Gasteiger partial charge in [0.05, 0.1) is 6.04 Å². The van der Waals surface area contributed by atoms with Crippen molar-refractivity contribution in [1.29, 1.82) is 0 Å². The molecule has 0 aliphatic carbocycles. The van der Waals surface area contributed by atoms with Crippen LogP contribution in [-0.2, 0) is 0 Å². The molecule has 0 fully saturated rings. The maximum absolute atomic E-state index is 5.87. The summed E-state index contributed by atoms with van der Waals surface area (Å²) in [5.74, 6) is 0.886.